The molecule has 8 heteroatoms. The van der Waals surface area contributed by atoms with E-state index in [1.54, 1.807) is 24.3 Å². The van der Waals surface area contributed by atoms with Crippen LogP contribution in [0.15, 0.2) is 34.3 Å². The van der Waals surface area contributed by atoms with Crippen LogP contribution in [0.25, 0.3) is 0 Å². The van der Waals surface area contributed by atoms with Gasteiger partial charge in [-0.25, -0.2) is 0 Å². The van der Waals surface area contributed by atoms with Crippen molar-refractivity contribution in [3.63, 3.8) is 0 Å². The van der Waals surface area contributed by atoms with Gasteiger partial charge in [-0.2, -0.15) is 0 Å². The van der Waals surface area contributed by atoms with Gasteiger partial charge in [0.1, 0.15) is 9.75 Å². The first kappa shape index (κ1) is 17.8. The third kappa shape index (κ3) is 1.57. The van der Waals surface area contributed by atoms with Crippen molar-refractivity contribution in [2.45, 2.75) is 15.5 Å². The van der Waals surface area contributed by atoms with E-state index in [1.807, 2.05) is 0 Å². The van der Waals surface area contributed by atoms with Gasteiger partial charge in [0.25, 0.3) is 0 Å². The normalized spacial score (nSPS) is 38.2. The summed E-state index contributed by atoms with van der Waals surface area (Å²) in [5.41, 5.74) is 0.562. The number of carbonyl (C=O) groups is 2. The van der Waals surface area contributed by atoms with Gasteiger partial charge in [0.05, 0.1) is 21.9 Å². The van der Waals surface area contributed by atoms with Gasteiger partial charge in [-0.05, 0) is 0 Å². The van der Waals surface area contributed by atoms with Crippen molar-refractivity contribution in [2.24, 2.45) is 11.8 Å². The average Bonchev–Trinajstić information content (AvgIpc) is 2.88. The fourth-order valence-electron chi connectivity index (χ4n) is 4.60. The van der Waals surface area contributed by atoms with Gasteiger partial charge in [0, 0.05) is 25.3 Å². The molecule has 1 aromatic rings. The molecule has 3 aliphatic rings. The Balaban J connectivity index is 2.09. The van der Waals surface area contributed by atoms with E-state index in [9.17, 15) is 9.59 Å². The number of rotatable bonds is 2. The Morgan fingerprint density at radius 3 is 1.52 bits per heavy atom. The molecule has 0 N–H and O–H groups in total. The summed E-state index contributed by atoms with van der Waals surface area (Å²) in [5.74, 6) is -4.54. The number of benzene rings is 1. The highest BCUT2D eigenvalue weighted by atomic mass is 35.5. The number of alkyl halides is 2. The van der Waals surface area contributed by atoms with Crippen molar-refractivity contribution in [3.8, 4) is 0 Å². The van der Waals surface area contributed by atoms with Gasteiger partial charge < -0.3 is 9.47 Å². The lowest BCUT2D eigenvalue weighted by atomic mass is 9.69. The molecule has 0 heterocycles. The summed E-state index contributed by atoms with van der Waals surface area (Å²) in [6.07, 6.45) is 0. The van der Waals surface area contributed by atoms with Crippen molar-refractivity contribution in [3.05, 3.63) is 45.5 Å². The Labute approximate surface area is 164 Å². The van der Waals surface area contributed by atoms with E-state index in [0.29, 0.717) is 0 Å². The van der Waals surface area contributed by atoms with Crippen LogP contribution in [0.2, 0.25) is 0 Å². The Morgan fingerprint density at radius 1 is 0.840 bits per heavy atom. The SMILES string of the molecule is COC1(OC)[C@@]2(Cl)C(Cl)=C(Cl)[C@@]1(Cl)[C@H]1C(=O)c3ccccc3C(=O)[C@H]12. The summed E-state index contributed by atoms with van der Waals surface area (Å²) < 4.78 is 11.1. The van der Waals surface area contributed by atoms with Crippen molar-refractivity contribution in [1.29, 1.82) is 0 Å². The number of carbonyl (C=O) groups excluding carboxylic acids is 2. The summed E-state index contributed by atoms with van der Waals surface area (Å²) in [4.78, 5) is 23.0. The highest BCUT2D eigenvalue weighted by Crippen LogP contribution is 2.75. The van der Waals surface area contributed by atoms with Gasteiger partial charge in [-0.15, -0.1) is 23.2 Å². The van der Waals surface area contributed by atoms with Crippen molar-refractivity contribution < 1.29 is 19.1 Å². The Hall–Kier alpha value is -0.620. The molecule has 4 atom stereocenters. The molecule has 1 saturated carbocycles. The molecule has 4 nitrogen and oxygen atoms in total. The number of hydrogen-bond acceptors (Lipinski definition) is 4. The number of fused-ring (bicyclic) bond motifs is 6. The van der Waals surface area contributed by atoms with Gasteiger partial charge in [-0.1, -0.05) is 47.5 Å². The molecule has 0 radical (unpaired) electrons. The maximum Gasteiger partial charge on any atom is 0.218 e. The standard InChI is InChI=1S/C17H12Cl4O4/c1-24-17(25-2)15(20)9-10(16(17,21)14(19)13(15)18)12(23)8-6-4-3-5-7(8)11(9)22/h3-6,9-10H,1-2H3/t9-,10+,15-,16-/m0/s1. The van der Waals surface area contributed by atoms with Gasteiger partial charge in [-0.3, -0.25) is 9.59 Å². The molecule has 0 aromatic heterocycles. The molecule has 0 unspecified atom stereocenters. The second-order valence-corrected chi connectivity index (χ2v) is 8.25. The number of hydrogen-bond donors (Lipinski definition) is 0. The van der Waals surface area contributed by atoms with Crippen LogP contribution in [-0.4, -0.2) is 41.3 Å². The predicted molar refractivity (Wildman–Crippen MR) is 94.7 cm³/mol. The Bertz CT molecular complexity index is 797. The fourth-order valence-corrected chi connectivity index (χ4v) is 6.78. The molecule has 3 aliphatic carbocycles. The average molecular weight is 422 g/mol. The minimum atomic E-state index is -1.76. The van der Waals surface area contributed by atoms with E-state index < -0.39 is 27.4 Å². The molecule has 4 rings (SSSR count). The molecule has 132 valence electrons. The molecule has 25 heavy (non-hydrogen) atoms. The van der Waals surface area contributed by atoms with Crippen LogP contribution in [0.4, 0.5) is 0 Å². The summed E-state index contributed by atoms with van der Waals surface area (Å²) >= 11 is 26.5. The summed E-state index contributed by atoms with van der Waals surface area (Å²) in [6, 6.07) is 6.53. The maximum atomic E-state index is 13.2. The first-order valence-electron chi connectivity index (χ1n) is 7.45. The van der Waals surface area contributed by atoms with E-state index in [4.69, 9.17) is 55.9 Å². The van der Waals surface area contributed by atoms with Crippen LogP contribution in [0.3, 0.4) is 0 Å². The molecule has 0 aliphatic heterocycles. The molecule has 0 saturated heterocycles. The lowest BCUT2D eigenvalue weighted by Gasteiger charge is -2.40. The maximum absolute atomic E-state index is 13.2. The van der Waals surface area contributed by atoms with Gasteiger partial charge in [0.15, 0.2) is 11.6 Å². The molecule has 1 fully saturated rings. The molecular formula is C17H12Cl4O4. The second kappa shape index (κ2) is 5.22. The molecule has 0 amide bonds. The largest absolute Gasteiger partial charge is 0.350 e. The Morgan fingerprint density at radius 2 is 1.20 bits per heavy atom. The predicted octanol–water partition coefficient (Wildman–Crippen LogP) is 3.96. The fraction of sp³-hybridized carbons (Fsp3) is 0.412. The molecule has 2 bridgehead atoms. The lowest BCUT2D eigenvalue weighted by Crippen LogP contribution is -2.58. The smallest absolute Gasteiger partial charge is 0.218 e. The highest BCUT2D eigenvalue weighted by molar-refractivity contribution is 6.54. The highest BCUT2D eigenvalue weighted by Gasteiger charge is 2.87. The quantitative estimate of drug-likeness (QED) is 0.535. The number of ether oxygens (including phenoxy) is 2. The Kier molecular flexibility index (Phi) is 3.71. The third-order valence-electron chi connectivity index (χ3n) is 5.58. The van der Waals surface area contributed by atoms with Crippen LogP contribution in [0.5, 0.6) is 0 Å². The minimum absolute atomic E-state index is 0.0312. The minimum Gasteiger partial charge on any atom is -0.350 e. The summed E-state index contributed by atoms with van der Waals surface area (Å²) in [6.45, 7) is 0. The van der Waals surface area contributed by atoms with E-state index in [-0.39, 0.29) is 32.8 Å². The number of Topliss-reactive ketones (excluding diaryl/α,β-unsaturated/α-hetero) is 2. The van der Waals surface area contributed by atoms with Crippen LogP contribution < -0.4 is 0 Å². The summed E-state index contributed by atoms with van der Waals surface area (Å²) in [7, 11) is 2.66. The molecule has 1 aromatic carbocycles. The van der Waals surface area contributed by atoms with E-state index in [2.05, 4.69) is 0 Å². The third-order valence-corrected chi connectivity index (χ3v) is 8.19. The molecule has 0 spiro atoms. The van der Waals surface area contributed by atoms with Crippen LogP contribution >= 0.6 is 46.4 Å². The van der Waals surface area contributed by atoms with E-state index in [1.165, 1.54) is 14.2 Å². The summed E-state index contributed by atoms with van der Waals surface area (Å²) in [5, 5.41) is -0.0624. The monoisotopic (exact) mass is 420 g/mol. The zero-order chi connectivity index (χ0) is 18.4. The van der Waals surface area contributed by atoms with E-state index in [0.717, 1.165) is 0 Å². The van der Waals surface area contributed by atoms with Gasteiger partial charge in [0.2, 0.25) is 5.79 Å². The number of halogens is 4. The zero-order valence-electron chi connectivity index (χ0n) is 13.1. The van der Waals surface area contributed by atoms with Crippen LogP contribution in [-0.2, 0) is 9.47 Å². The van der Waals surface area contributed by atoms with Crippen molar-refractivity contribution in [2.75, 3.05) is 14.2 Å². The van der Waals surface area contributed by atoms with Crippen LogP contribution in [0, 0.1) is 11.8 Å². The lowest BCUT2D eigenvalue weighted by molar-refractivity contribution is -0.219. The topological polar surface area (TPSA) is 52.6 Å². The van der Waals surface area contributed by atoms with Crippen molar-refractivity contribution >= 4 is 58.0 Å². The molecular weight excluding hydrogens is 410 g/mol. The van der Waals surface area contributed by atoms with Crippen LogP contribution in [0.1, 0.15) is 20.7 Å². The zero-order valence-corrected chi connectivity index (χ0v) is 16.1. The number of methoxy groups -OCH3 is 2. The van der Waals surface area contributed by atoms with Gasteiger partial charge >= 0.3 is 0 Å². The first-order chi connectivity index (χ1) is 11.7. The number of ketones is 2. The van der Waals surface area contributed by atoms with E-state index >= 15 is 0 Å². The second-order valence-electron chi connectivity index (χ2n) is 6.31. The van der Waals surface area contributed by atoms with Crippen molar-refractivity contribution in [1.82, 2.24) is 0 Å². The first-order valence-corrected chi connectivity index (χ1v) is 8.97.